The Kier molecular flexibility index (Phi) is 4.57. The van der Waals surface area contributed by atoms with Gasteiger partial charge >= 0.3 is 0 Å². The first-order valence-corrected chi connectivity index (χ1v) is 5.09. The summed E-state index contributed by atoms with van der Waals surface area (Å²) in [5, 5.41) is 9.20. The minimum absolute atomic E-state index is 0.0401. The van der Waals surface area contributed by atoms with Crippen molar-refractivity contribution in [1.29, 1.82) is 0 Å². The maximum absolute atomic E-state index is 9.20. The van der Waals surface area contributed by atoms with Crippen molar-refractivity contribution in [2.75, 3.05) is 12.5 Å². The highest BCUT2D eigenvalue weighted by molar-refractivity contribution is 6.18. The first kappa shape index (κ1) is 12.2. The van der Waals surface area contributed by atoms with E-state index in [0.29, 0.717) is 5.88 Å². The quantitative estimate of drug-likeness (QED) is 0.664. The number of aliphatic hydroxyl groups is 1. The average Bonchev–Trinajstić information content (AvgIpc) is 2.04. The molecule has 0 aliphatic carbocycles. The molecule has 74 valence electrons. The third-order valence-electron chi connectivity index (χ3n) is 2.50. The van der Waals surface area contributed by atoms with Crippen molar-refractivity contribution in [2.45, 2.75) is 40.5 Å². The van der Waals surface area contributed by atoms with E-state index in [1.807, 2.05) is 0 Å². The molecule has 0 fully saturated rings. The van der Waals surface area contributed by atoms with Gasteiger partial charge in [-0.25, -0.2) is 0 Å². The van der Waals surface area contributed by atoms with Gasteiger partial charge in [0.1, 0.15) is 0 Å². The van der Waals surface area contributed by atoms with Crippen molar-refractivity contribution in [3.63, 3.8) is 0 Å². The summed E-state index contributed by atoms with van der Waals surface area (Å²) < 4.78 is 0. The Balaban J connectivity index is 4.20. The largest absolute Gasteiger partial charge is 0.396 e. The molecule has 0 radical (unpaired) electrons. The molecule has 0 aromatic heterocycles. The summed E-state index contributed by atoms with van der Waals surface area (Å²) in [5.74, 6) is 0.655. The molecule has 0 heterocycles. The van der Waals surface area contributed by atoms with Gasteiger partial charge in [0, 0.05) is 12.5 Å². The highest BCUT2D eigenvalue weighted by Gasteiger charge is 2.29. The van der Waals surface area contributed by atoms with Gasteiger partial charge in [0.05, 0.1) is 0 Å². The van der Waals surface area contributed by atoms with Crippen LogP contribution in [0.25, 0.3) is 0 Å². The van der Waals surface area contributed by atoms with Crippen molar-refractivity contribution < 1.29 is 5.11 Å². The Morgan fingerprint density at radius 1 is 1.25 bits per heavy atom. The fourth-order valence-electron chi connectivity index (χ4n) is 1.50. The summed E-state index contributed by atoms with van der Waals surface area (Å²) >= 11 is 5.83. The maximum Gasteiger partial charge on any atom is 0.0484 e. The van der Waals surface area contributed by atoms with E-state index in [-0.39, 0.29) is 17.4 Å². The molecular formula is C10H21ClO. The van der Waals surface area contributed by atoms with E-state index in [9.17, 15) is 5.11 Å². The van der Waals surface area contributed by atoms with Crippen LogP contribution in [0.4, 0.5) is 0 Å². The fraction of sp³-hybridized carbons (Fsp3) is 1.00. The van der Waals surface area contributed by atoms with Crippen molar-refractivity contribution >= 4 is 11.6 Å². The van der Waals surface area contributed by atoms with Crippen LogP contribution in [0.1, 0.15) is 40.5 Å². The van der Waals surface area contributed by atoms with Crippen molar-refractivity contribution in [3.05, 3.63) is 0 Å². The first-order chi connectivity index (χ1) is 5.39. The van der Waals surface area contributed by atoms with Gasteiger partial charge in [-0.05, 0) is 23.7 Å². The highest BCUT2D eigenvalue weighted by Crippen LogP contribution is 2.36. The molecule has 0 saturated carbocycles. The number of aliphatic hydroxyl groups excluding tert-OH is 1. The monoisotopic (exact) mass is 192 g/mol. The Labute approximate surface area is 81.1 Å². The van der Waals surface area contributed by atoms with Crippen LogP contribution in [0, 0.1) is 10.8 Å². The molecule has 1 nitrogen and oxygen atoms in total. The zero-order chi connectivity index (χ0) is 9.83. The van der Waals surface area contributed by atoms with E-state index in [2.05, 4.69) is 27.7 Å². The second-order valence-corrected chi connectivity index (χ2v) is 5.06. The number of rotatable bonds is 5. The van der Waals surface area contributed by atoms with Crippen molar-refractivity contribution in [2.24, 2.45) is 10.8 Å². The lowest BCUT2D eigenvalue weighted by Crippen LogP contribution is -2.29. The Morgan fingerprint density at radius 2 is 1.75 bits per heavy atom. The van der Waals surface area contributed by atoms with E-state index in [1.54, 1.807) is 0 Å². The lowest BCUT2D eigenvalue weighted by Gasteiger charge is -2.34. The maximum atomic E-state index is 9.20. The molecule has 0 saturated heterocycles. The van der Waals surface area contributed by atoms with E-state index in [1.165, 1.54) is 0 Å². The highest BCUT2D eigenvalue weighted by atomic mass is 35.5. The first-order valence-electron chi connectivity index (χ1n) is 4.56. The molecule has 1 unspecified atom stereocenters. The van der Waals surface area contributed by atoms with Crippen LogP contribution in [-0.2, 0) is 0 Å². The van der Waals surface area contributed by atoms with Crippen LogP contribution in [0.2, 0.25) is 0 Å². The molecule has 0 amide bonds. The van der Waals surface area contributed by atoms with Gasteiger partial charge in [-0.3, -0.25) is 0 Å². The third-order valence-corrected chi connectivity index (χ3v) is 3.23. The van der Waals surface area contributed by atoms with Crippen molar-refractivity contribution in [3.8, 4) is 0 Å². The molecule has 0 spiro atoms. The van der Waals surface area contributed by atoms with Gasteiger partial charge < -0.3 is 5.11 Å². The summed E-state index contributed by atoms with van der Waals surface area (Å²) in [7, 11) is 0. The van der Waals surface area contributed by atoms with Crippen molar-refractivity contribution in [1.82, 2.24) is 0 Å². The molecule has 0 aromatic carbocycles. The average molecular weight is 193 g/mol. The van der Waals surface area contributed by atoms with Crippen LogP contribution in [0.15, 0.2) is 0 Å². The predicted octanol–water partition coefficient (Wildman–Crippen LogP) is 3.05. The zero-order valence-electron chi connectivity index (χ0n) is 8.65. The molecular weight excluding hydrogens is 172 g/mol. The Hall–Kier alpha value is 0.250. The van der Waals surface area contributed by atoms with Gasteiger partial charge in [0.25, 0.3) is 0 Å². The Bertz CT molecular complexity index is 128. The van der Waals surface area contributed by atoms with Crippen LogP contribution in [0.3, 0.4) is 0 Å². The summed E-state index contributed by atoms with van der Waals surface area (Å²) in [6.07, 6.45) is 1.99. The molecule has 0 aliphatic rings. The van der Waals surface area contributed by atoms with Crippen LogP contribution in [0.5, 0.6) is 0 Å². The summed E-state index contributed by atoms with van der Waals surface area (Å²) in [4.78, 5) is 0. The minimum Gasteiger partial charge on any atom is -0.396 e. The van der Waals surface area contributed by atoms with E-state index < -0.39 is 0 Å². The molecule has 0 rings (SSSR count). The van der Waals surface area contributed by atoms with Gasteiger partial charge in [0.15, 0.2) is 0 Å². The number of alkyl halides is 1. The number of hydrogen-bond acceptors (Lipinski definition) is 1. The second kappa shape index (κ2) is 4.48. The molecule has 1 N–H and O–H groups in total. The Morgan fingerprint density at radius 3 is 2.00 bits per heavy atom. The van der Waals surface area contributed by atoms with Crippen LogP contribution < -0.4 is 0 Å². The second-order valence-electron chi connectivity index (χ2n) is 4.80. The smallest absolute Gasteiger partial charge is 0.0484 e. The lowest BCUT2D eigenvalue weighted by molar-refractivity contribution is 0.0907. The van der Waals surface area contributed by atoms with E-state index >= 15 is 0 Å². The molecule has 1 atom stereocenters. The molecule has 12 heavy (non-hydrogen) atoms. The topological polar surface area (TPSA) is 20.2 Å². The van der Waals surface area contributed by atoms with Gasteiger partial charge in [-0.2, -0.15) is 0 Å². The summed E-state index contributed by atoms with van der Waals surface area (Å²) in [6, 6.07) is 0. The minimum atomic E-state index is 0.0401. The zero-order valence-corrected chi connectivity index (χ0v) is 9.41. The van der Waals surface area contributed by atoms with Crippen LogP contribution >= 0.6 is 11.6 Å². The van der Waals surface area contributed by atoms with Gasteiger partial charge in [0.2, 0.25) is 0 Å². The van der Waals surface area contributed by atoms with Gasteiger partial charge in [-0.1, -0.05) is 27.7 Å². The molecule has 0 aliphatic heterocycles. The fourth-order valence-corrected chi connectivity index (χ4v) is 1.59. The molecule has 0 bridgehead atoms. The lowest BCUT2D eigenvalue weighted by atomic mass is 9.74. The van der Waals surface area contributed by atoms with E-state index in [4.69, 9.17) is 11.6 Å². The van der Waals surface area contributed by atoms with E-state index in [0.717, 1.165) is 12.8 Å². The number of halogens is 1. The summed E-state index contributed by atoms with van der Waals surface area (Å²) in [5.41, 5.74) is 0.174. The normalized spacial score (nSPS) is 17.5. The number of hydrogen-bond donors (Lipinski definition) is 1. The predicted molar refractivity (Wildman–Crippen MR) is 54.6 cm³/mol. The summed E-state index contributed by atoms with van der Waals surface area (Å²) in [6.45, 7) is 8.76. The standard InChI is InChI=1S/C10H21ClO/c1-5-10(4,8-12)6-9(2,3)7-11/h12H,5-8H2,1-4H3. The van der Waals surface area contributed by atoms with Crippen LogP contribution in [-0.4, -0.2) is 17.6 Å². The molecule has 0 aromatic rings. The molecule has 2 heteroatoms. The third kappa shape index (κ3) is 3.77. The SMILES string of the molecule is CCC(C)(CO)CC(C)(C)CCl. The van der Waals surface area contributed by atoms with Gasteiger partial charge in [-0.15, -0.1) is 11.6 Å².